The van der Waals surface area contributed by atoms with Crippen LogP contribution in [0.5, 0.6) is 0 Å². The number of hydrogen-bond donors (Lipinski definition) is 4. The molecule has 9 heteroatoms. The summed E-state index contributed by atoms with van der Waals surface area (Å²) in [6.45, 7) is -0.617. The predicted octanol–water partition coefficient (Wildman–Crippen LogP) is -1.47. The van der Waals surface area contributed by atoms with E-state index in [9.17, 15) is 17.6 Å². The van der Waals surface area contributed by atoms with E-state index in [1.54, 1.807) is 0 Å². The Bertz CT molecular complexity index is 561. The van der Waals surface area contributed by atoms with Gasteiger partial charge in [-0.1, -0.05) is 6.07 Å². The molecular formula is C9H12FN3O4S. The van der Waals surface area contributed by atoms with Crippen molar-refractivity contribution in [1.82, 2.24) is 4.72 Å². The number of rotatable bonds is 5. The number of amides is 1. The first-order chi connectivity index (χ1) is 8.25. The summed E-state index contributed by atoms with van der Waals surface area (Å²) in [6, 6.07) is 3.27. The Morgan fingerprint density at radius 3 is 2.67 bits per heavy atom. The van der Waals surface area contributed by atoms with Crippen LogP contribution in [0.3, 0.4) is 0 Å². The van der Waals surface area contributed by atoms with E-state index in [1.807, 2.05) is 4.72 Å². The number of hydrogen-bond acceptors (Lipinski definition) is 5. The zero-order chi connectivity index (χ0) is 13.9. The lowest BCUT2D eigenvalue weighted by Crippen LogP contribution is -2.40. The molecule has 1 atom stereocenters. The number of nitrogen functional groups attached to an aromatic ring is 1. The number of aliphatic hydroxyl groups excluding tert-OH is 1. The standard InChI is InChI=1S/C9H12FN3O4S/c10-5-2-1-3-7(8(5)11)18(16,17)13-4-6(14)9(12)15/h1-3,6,13-14H,4,11H2,(H2,12,15). The molecule has 1 aromatic rings. The highest BCUT2D eigenvalue weighted by molar-refractivity contribution is 7.89. The van der Waals surface area contributed by atoms with Crippen molar-refractivity contribution < 1.29 is 22.7 Å². The number of para-hydroxylation sites is 1. The number of nitrogens with one attached hydrogen (secondary N) is 1. The van der Waals surface area contributed by atoms with E-state index in [1.165, 1.54) is 6.07 Å². The Morgan fingerprint density at radius 1 is 1.50 bits per heavy atom. The van der Waals surface area contributed by atoms with Crippen molar-refractivity contribution in [2.45, 2.75) is 11.0 Å². The van der Waals surface area contributed by atoms with E-state index in [0.29, 0.717) is 0 Å². The number of sulfonamides is 1. The molecule has 0 aromatic heterocycles. The predicted molar refractivity (Wildman–Crippen MR) is 61.2 cm³/mol. The van der Waals surface area contributed by atoms with E-state index in [2.05, 4.69) is 0 Å². The zero-order valence-electron chi connectivity index (χ0n) is 9.13. The minimum absolute atomic E-state index is 0.473. The van der Waals surface area contributed by atoms with Gasteiger partial charge in [-0.15, -0.1) is 0 Å². The third-order valence-corrected chi connectivity index (χ3v) is 3.58. The maximum atomic E-state index is 13.1. The SMILES string of the molecule is NC(=O)C(O)CNS(=O)(=O)c1cccc(F)c1N. The summed E-state index contributed by atoms with van der Waals surface area (Å²) in [5.74, 6) is -1.96. The fourth-order valence-corrected chi connectivity index (χ4v) is 2.30. The van der Waals surface area contributed by atoms with Gasteiger partial charge in [0.2, 0.25) is 15.9 Å². The lowest BCUT2D eigenvalue weighted by molar-refractivity contribution is -0.125. The lowest BCUT2D eigenvalue weighted by Gasteiger charge is -2.11. The number of anilines is 1. The van der Waals surface area contributed by atoms with Crippen LogP contribution in [-0.2, 0) is 14.8 Å². The van der Waals surface area contributed by atoms with Crippen molar-refractivity contribution >= 4 is 21.6 Å². The summed E-state index contributed by atoms with van der Waals surface area (Å²) < 4.78 is 38.4. The summed E-state index contributed by atoms with van der Waals surface area (Å²) in [5.41, 5.74) is 9.49. The fourth-order valence-electron chi connectivity index (χ4n) is 1.12. The molecule has 0 spiro atoms. The van der Waals surface area contributed by atoms with Gasteiger partial charge in [-0.2, -0.15) is 0 Å². The molecule has 1 amide bonds. The number of halogens is 1. The van der Waals surface area contributed by atoms with Crippen LogP contribution in [-0.4, -0.2) is 32.1 Å². The third kappa shape index (κ3) is 3.15. The van der Waals surface area contributed by atoms with Crippen molar-refractivity contribution in [3.8, 4) is 0 Å². The molecule has 6 N–H and O–H groups in total. The maximum absolute atomic E-state index is 13.1. The van der Waals surface area contributed by atoms with E-state index < -0.39 is 45.0 Å². The quantitative estimate of drug-likeness (QED) is 0.487. The van der Waals surface area contributed by atoms with Gasteiger partial charge < -0.3 is 16.6 Å². The van der Waals surface area contributed by atoms with Crippen LogP contribution in [0.15, 0.2) is 23.1 Å². The summed E-state index contributed by atoms with van der Waals surface area (Å²) in [6.07, 6.45) is -1.67. The van der Waals surface area contributed by atoms with Crippen molar-refractivity contribution in [2.24, 2.45) is 5.73 Å². The van der Waals surface area contributed by atoms with E-state index >= 15 is 0 Å². The number of aliphatic hydroxyl groups is 1. The van der Waals surface area contributed by atoms with Gasteiger partial charge in [0.1, 0.15) is 16.8 Å². The Balaban J connectivity index is 2.94. The van der Waals surface area contributed by atoms with Gasteiger partial charge in [0.15, 0.2) is 0 Å². The molecule has 1 unspecified atom stereocenters. The van der Waals surface area contributed by atoms with Crippen LogP contribution >= 0.6 is 0 Å². The van der Waals surface area contributed by atoms with Gasteiger partial charge in [-0.3, -0.25) is 4.79 Å². The molecular weight excluding hydrogens is 265 g/mol. The normalized spacial score (nSPS) is 13.2. The van der Waals surface area contributed by atoms with Gasteiger partial charge in [-0.25, -0.2) is 17.5 Å². The van der Waals surface area contributed by atoms with E-state index in [-0.39, 0.29) is 0 Å². The molecule has 1 rings (SSSR count). The fraction of sp³-hybridized carbons (Fsp3) is 0.222. The second-order valence-electron chi connectivity index (χ2n) is 3.42. The minimum atomic E-state index is -4.12. The van der Waals surface area contributed by atoms with Gasteiger partial charge in [0.05, 0.1) is 5.69 Å². The van der Waals surface area contributed by atoms with Gasteiger partial charge >= 0.3 is 0 Å². The minimum Gasteiger partial charge on any atom is -0.395 e. The first-order valence-corrected chi connectivity index (χ1v) is 6.25. The largest absolute Gasteiger partial charge is 0.395 e. The summed E-state index contributed by atoms with van der Waals surface area (Å²) in [4.78, 5) is 10.1. The summed E-state index contributed by atoms with van der Waals surface area (Å²) in [7, 11) is -4.12. The van der Waals surface area contributed by atoms with Crippen LogP contribution < -0.4 is 16.2 Å². The topological polar surface area (TPSA) is 136 Å². The van der Waals surface area contributed by atoms with Crippen LogP contribution in [0, 0.1) is 5.82 Å². The van der Waals surface area contributed by atoms with Gasteiger partial charge in [-0.05, 0) is 12.1 Å². The zero-order valence-corrected chi connectivity index (χ0v) is 9.95. The number of primary amides is 1. The molecule has 100 valence electrons. The molecule has 0 aliphatic rings. The summed E-state index contributed by atoms with van der Waals surface area (Å²) >= 11 is 0. The smallest absolute Gasteiger partial charge is 0.247 e. The van der Waals surface area contributed by atoms with Crippen LogP contribution in [0.25, 0.3) is 0 Å². The second kappa shape index (κ2) is 5.29. The van der Waals surface area contributed by atoms with Crippen molar-refractivity contribution in [3.05, 3.63) is 24.0 Å². The maximum Gasteiger partial charge on any atom is 0.247 e. The molecule has 0 heterocycles. The molecule has 7 nitrogen and oxygen atoms in total. The molecule has 1 aromatic carbocycles. The van der Waals surface area contributed by atoms with Gasteiger partial charge in [0.25, 0.3) is 0 Å². The average Bonchev–Trinajstić information content (AvgIpc) is 2.29. The molecule has 18 heavy (non-hydrogen) atoms. The molecule has 0 saturated heterocycles. The number of carbonyl (C=O) groups is 1. The Kier molecular flexibility index (Phi) is 4.22. The highest BCUT2D eigenvalue weighted by Gasteiger charge is 2.21. The molecule has 0 fully saturated rings. The second-order valence-corrected chi connectivity index (χ2v) is 5.16. The van der Waals surface area contributed by atoms with Crippen LogP contribution in [0.4, 0.5) is 10.1 Å². The lowest BCUT2D eigenvalue weighted by atomic mass is 10.3. The number of nitrogens with two attached hydrogens (primary N) is 2. The molecule has 0 radical (unpaired) electrons. The molecule has 0 aliphatic heterocycles. The van der Waals surface area contributed by atoms with Crippen LogP contribution in [0.1, 0.15) is 0 Å². The molecule has 0 aliphatic carbocycles. The molecule has 0 saturated carbocycles. The Labute approximate surface area is 103 Å². The highest BCUT2D eigenvalue weighted by atomic mass is 32.2. The Morgan fingerprint density at radius 2 is 2.11 bits per heavy atom. The summed E-state index contributed by atoms with van der Waals surface area (Å²) in [5, 5.41) is 9.05. The molecule has 0 bridgehead atoms. The number of carbonyl (C=O) groups excluding carboxylic acids is 1. The monoisotopic (exact) mass is 277 g/mol. The van der Waals surface area contributed by atoms with Crippen molar-refractivity contribution in [3.63, 3.8) is 0 Å². The first-order valence-electron chi connectivity index (χ1n) is 4.76. The Hall–Kier alpha value is -1.71. The van der Waals surface area contributed by atoms with E-state index in [4.69, 9.17) is 16.6 Å². The van der Waals surface area contributed by atoms with Crippen molar-refractivity contribution in [2.75, 3.05) is 12.3 Å². The number of benzene rings is 1. The third-order valence-electron chi connectivity index (χ3n) is 2.10. The van der Waals surface area contributed by atoms with Crippen molar-refractivity contribution in [1.29, 1.82) is 0 Å². The van der Waals surface area contributed by atoms with E-state index in [0.717, 1.165) is 12.1 Å². The van der Waals surface area contributed by atoms with Crippen LogP contribution in [0.2, 0.25) is 0 Å². The highest BCUT2D eigenvalue weighted by Crippen LogP contribution is 2.20. The van der Waals surface area contributed by atoms with Gasteiger partial charge in [0, 0.05) is 6.54 Å². The first kappa shape index (κ1) is 14.4. The average molecular weight is 277 g/mol.